The van der Waals surface area contributed by atoms with E-state index in [4.69, 9.17) is 4.42 Å². The van der Waals surface area contributed by atoms with Crippen molar-refractivity contribution in [3.05, 3.63) is 42.2 Å². The predicted octanol–water partition coefficient (Wildman–Crippen LogP) is 3.33. The Hall–Kier alpha value is -1.70. The summed E-state index contributed by atoms with van der Waals surface area (Å²) >= 11 is 0. The molecule has 0 bridgehead atoms. The van der Waals surface area contributed by atoms with Crippen LogP contribution in [0.25, 0.3) is 11.3 Å². The minimum absolute atomic E-state index is 0.946. The van der Waals surface area contributed by atoms with Crippen molar-refractivity contribution in [2.75, 3.05) is 18.5 Å². The molecule has 0 unspecified atom stereocenters. The highest BCUT2D eigenvalue weighted by molar-refractivity contribution is 5.68. The summed E-state index contributed by atoms with van der Waals surface area (Å²) in [7, 11) is 2.16. The molecule has 0 amide bonds. The monoisotopic (exact) mass is 213 g/mol. The van der Waals surface area contributed by atoms with Crippen molar-refractivity contribution in [1.82, 2.24) is 0 Å². The molecule has 16 heavy (non-hydrogen) atoms. The highest BCUT2D eigenvalue weighted by Gasteiger charge is 2.14. The second-order valence-electron chi connectivity index (χ2n) is 4.35. The zero-order chi connectivity index (χ0) is 11.0. The van der Waals surface area contributed by atoms with Crippen LogP contribution >= 0.6 is 0 Å². The average Bonchev–Trinajstić information content (AvgIpc) is 2.83. The van der Waals surface area contributed by atoms with Crippen LogP contribution in [0.15, 0.2) is 41.0 Å². The average molecular weight is 213 g/mol. The van der Waals surface area contributed by atoms with Crippen molar-refractivity contribution in [2.24, 2.45) is 0 Å². The maximum atomic E-state index is 5.43. The van der Waals surface area contributed by atoms with E-state index in [-0.39, 0.29) is 0 Å². The van der Waals surface area contributed by atoms with Crippen LogP contribution in [0.1, 0.15) is 12.0 Å². The molecule has 2 nitrogen and oxygen atoms in total. The molecule has 0 saturated heterocycles. The van der Waals surface area contributed by atoms with Gasteiger partial charge in [0, 0.05) is 24.8 Å². The van der Waals surface area contributed by atoms with Gasteiger partial charge in [0.15, 0.2) is 0 Å². The Labute approximate surface area is 95.5 Å². The van der Waals surface area contributed by atoms with Gasteiger partial charge in [0.25, 0.3) is 0 Å². The number of furan rings is 1. The second kappa shape index (κ2) is 3.71. The van der Waals surface area contributed by atoms with Crippen LogP contribution in [-0.2, 0) is 6.42 Å². The third-order valence-electron chi connectivity index (χ3n) is 3.24. The van der Waals surface area contributed by atoms with E-state index in [1.807, 2.05) is 12.1 Å². The summed E-state index contributed by atoms with van der Waals surface area (Å²) in [5, 5.41) is 0. The standard InChI is InChI=1S/C14H15NO/c1-15-8-2-4-11-6-7-12(10-13(11)15)14-5-3-9-16-14/h3,5-7,9-10H,2,4,8H2,1H3. The van der Waals surface area contributed by atoms with Crippen molar-refractivity contribution >= 4 is 5.69 Å². The van der Waals surface area contributed by atoms with Crippen LogP contribution in [0.3, 0.4) is 0 Å². The van der Waals surface area contributed by atoms with Crippen molar-refractivity contribution in [3.63, 3.8) is 0 Å². The lowest BCUT2D eigenvalue weighted by Crippen LogP contribution is -2.24. The molecule has 0 saturated carbocycles. The summed E-state index contributed by atoms with van der Waals surface area (Å²) < 4.78 is 5.43. The van der Waals surface area contributed by atoms with Gasteiger partial charge in [-0.1, -0.05) is 12.1 Å². The molecule has 0 aliphatic carbocycles. The van der Waals surface area contributed by atoms with E-state index in [0.717, 1.165) is 17.9 Å². The topological polar surface area (TPSA) is 16.4 Å². The largest absolute Gasteiger partial charge is 0.464 e. The van der Waals surface area contributed by atoms with Gasteiger partial charge in [-0.2, -0.15) is 0 Å². The van der Waals surface area contributed by atoms with Crippen molar-refractivity contribution < 1.29 is 4.42 Å². The molecule has 2 heterocycles. The van der Waals surface area contributed by atoms with Crippen molar-refractivity contribution in [3.8, 4) is 11.3 Å². The summed E-state index contributed by atoms with van der Waals surface area (Å²) in [5.74, 6) is 0.946. The predicted molar refractivity (Wildman–Crippen MR) is 65.7 cm³/mol. The minimum atomic E-state index is 0.946. The lowest BCUT2D eigenvalue weighted by molar-refractivity contribution is 0.582. The Bertz CT molecular complexity index is 487. The molecule has 2 heteroatoms. The number of hydrogen-bond donors (Lipinski definition) is 0. The van der Waals surface area contributed by atoms with Gasteiger partial charge >= 0.3 is 0 Å². The molecule has 2 aromatic rings. The smallest absolute Gasteiger partial charge is 0.133 e. The van der Waals surface area contributed by atoms with E-state index in [2.05, 4.69) is 30.1 Å². The normalized spacial score (nSPS) is 14.9. The molecule has 1 aromatic heterocycles. The molecule has 1 aliphatic rings. The Morgan fingerprint density at radius 2 is 2.19 bits per heavy atom. The van der Waals surface area contributed by atoms with Crippen LogP contribution < -0.4 is 4.90 Å². The van der Waals surface area contributed by atoms with E-state index < -0.39 is 0 Å². The summed E-state index contributed by atoms with van der Waals surface area (Å²) in [4.78, 5) is 2.32. The lowest BCUT2D eigenvalue weighted by atomic mass is 9.99. The van der Waals surface area contributed by atoms with Crippen LogP contribution in [0.2, 0.25) is 0 Å². The first kappa shape index (κ1) is 9.52. The summed E-state index contributed by atoms with van der Waals surface area (Å²) in [6, 6.07) is 10.5. The van der Waals surface area contributed by atoms with E-state index >= 15 is 0 Å². The minimum Gasteiger partial charge on any atom is -0.464 e. The third-order valence-corrected chi connectivity index (χ3v) is 3.24. The number of benzene rings is 1. The van der Waals surface area contributed by atoms with Crippen LogP contribution in [0.4, 0.5) is 5.69 Å². The fourth-order valence-electron chi connectivity index (χ4n) is 2.35. The van der Waals surface area contributed by atoms with Gasteiger partial charge in [-0.25, -0.2) is 0 Å². The first-order chi connectivity index (χ1) is 7.84. The summed E-state index contributed by atoms with van der Waals surface area (Å²) in [6.07, 6.45) is 4.17. The first-order valence-electron chi connectivity index (χ1n) is 5.72. The Morgan fingerprint density at radius 1 is 1.25 bits per heavy atom. The quantitative estimate of drug-likeness (QED) is 0.722. The molecule has 0 fully saturated rings. The molecule has 82 valence electrons. The second-order valence-corrected chi connectivity index (χ2v) is 4.35. The summed E-state index contributed by atoms with van der Waals surface area (Å²) in [6.45, 7) is 1.15. The molecular formula is C14H15NO. The number of nitrogens with zero attached hydrogens (tertiary/aromatic N) is 1. The van der Waals surface area contributed by atoms with Gasteiger partial charge in [-0.3, -0.25) is 0 Å². The fraction of sp³-hybridized carbons (Fsp3) is 0.286. The number of fused-ring (bicyclic) bond motifs is 1. The number of rotatable bonds is 1. The lowest BCUT2D eigenvalue weighted by Gasteiger charge is -2.27. The zero-order valence-electron chi connectivity index (χ0n) is 9.44. The van der Waals surface area contributed by atoms with Gasteiger partial charge in [0.1, 0.15) is 5.76 Å². The first-order valence-corrected chi connectivity index (χ1v) is 5.72. The Morgan fingerprint density at radius 3 is 3.00 bits per heavy atom. The molecule has 0 atom stereocenters. The zero-order valence-corrected chi connectivity index (χ0v) is 9.44. The molecule has 1 aliphatic heterocycles. The van der Waals surface area contributed by atoms with Gasteiger partial charge in [0.2, 0.25) is 0 Å². The van der Waals surface area contributed by atoms with Gasteiger partial charge in [-0.15, -0.1) is 0 Å². The fourth-order valence-corrected chi connectivity index (χ4v) is 2.35. The molecule has 0 radical (unpaired) electrons. The number of hydrogen-bond acceptors (Lipinski definition) is 2. The third kappa shape index (κ3) is 1.51. The number of anilines is 1. The van der Waals surface area contributed by atoms with Crippen molar-refractivity contribution in [2.45, 2.75) is 12.8 Å². The van der Waals surface area contributed by atoms with Crippen LogP contribution in [-0.4, -0.2) is 13.6 Å². The Kier molecular flexibility index (Phi) is 2.21. The maximum Gasteiger partial charge on any atom is 0.133 e. The summed E-state index contributed by atoms with van der Waals surface area (Å²) in [5.41, 5.74) is 3.96. The van der Waals surface area contributed by atoms with E-state index in [1.165, 1.54) is 24.1 Å². The molecule has 0 N–H and O–H groups in total. The molecule has 3 rings (SSSR count). The molecule has 0 spiro atoms. The van der Waals surface area contributed by atoms with Gasteiger partial charge in [-0.05, 0) is 36.6 Å². The molecular weight excluding hydrogens is 198 g/mol. The van der Waals surface area contributed by atoms with E-state index in [0.29, 0.717) is 0 Å². The van der Waals surface area contributed by atoms with Gasteiger partial charge < -0.3 is 9.32 Å². The molecule has 1 aromatic carbocycles. The highest BCUT2D eigenvalue weighted by Crippen LogP contribution is 2.31. The number of aryl methyl sites for hydroxylation is 1. The van der Waals surface area contributed by atoms with Gasteiger partial charge in [0.05, 0.1) is 6.26 Å². The maximum absolute atomic E-state index is 5.43. The Balaban J connectivity index is 2.07. The van der Waals surface area contributed by atoms with Crippen LogP contribution in [0.5, 0.6) is 0 Å². The van der Waals surface area contributed by atoms with Crippen LogP contribution in [0, 0.1) is 0 Å². The van der Waals surface area contributed by atoms with Crippen molar-refractivity contribution in [1.29, 1.82) is 0 Å². The van der Waals surface area contributed by atoms with E-state index in [1.54, 1.807) is 6.26 Å². The highest BCUT2D eigenvalue weighted by atomic mass is 16.3. The SMILES string of the molecule is CN1CCCc2ccc(-c3ccco3)cc21. The van der Waals surface area contributed by atoms with E-state index in [9.17, 15) is 0 Å².